The van der Waals surface area contributed by atoms with E-state index in [0.29, 0.717) is 27.1 Å². The van der Waals surface area contributed by atoms with E-state index in [1.54, 1.807) is 35.9 Å². The first kappa shape index (κ1) is 21.1. The number of aromatic nitrogens is 2. The topological polar surface area (TPSA) is 41.9 Å². The third-order valence-electron chi connectivity index (χ3n) is 4.29. The standard InChI is InChI=1S/C20H18ClF3N4S/c1-12-18(26-19(29)25-17-8-4-7-16(21)10-17)13(2)28(27-12)11-14-5-3-6-15(9-14)20(22,23)24/h3-10H,11H2,1-2H3,(H2,25,26,29). The summed E-state index contributed by atoms with van der Waals surface area (Å²) in [6.07, 6.45) is -4.38. The van der Waals surface area contributed by atoms with Gasteiger partial charge in [0.1, 0.15) is 0 Å². The van der Waals surface area contributed by atoms with Gasteiger partial charge in [0.25, 0.3) is 0 Å². The first-order valence-corrected chi connectivity index (χ1v) is 9.46. The maximum atomic E-state index is 12.9. The molecule has 2 aromatic carbocycles. The molecule has 2 N–H and O–H groups in total. The molecule has 0 aliphatic rings. The van der Waals surface area contributed by atoms with Crippen molar-refractivity contribution in [3.8, 4) is 0 Å². The number of nitrogens with one attached hydrogen (secondary N) is 2. The van der Waals surface area contributed by atoms with Gasteiger partial charge in [-0.25, -0.2) is 0 Å². The molecule has 1 heterocycles. The average molecular weight is 439 g/mol. The summed E-state index contributed by atoms with van der Waals surface area (Å²) in [4.78, 5) is 0. The molecule has 0 bridgehead atoms. The van der Waals surface area contributed by atoms with E-state index >= 15 is 0 Å². The van der Waals surface area contributed by atoms with Crippen LogP contribution in [0.15, 0.2) is 48.5 Å². The molecule has 0 saturated heterocycles. The highest BCUT2D eigenvalue weighted by Gasteiger charge is 2.30. The van der Waals surface area contributed by atoms with Crippen LogP contribution in [0.4, 0.5) is 24.5 Å². The molecule has 4 nitrogen and oxygen atoms in total. The van der Waals surface area contributed by atoms with Gasteiger partial charge in [-0.05, 0) is 62.0 Å². The SMILES string of the molecule is Cc1nn(Cc2cccc(C(F)(F)F)c2)c(C)c1NC(=S)Nc1cccc(Cl)c1. The minimum Gasteiger partial charge on any atom is -0.332 e. The van der Waals surface area contributed by atoms with E-state index in [2.05, 4.69) is 15.7 Å². The molecule has 3 aromatic rings. The Bertz CT molecular complexity index is 1050. The summed E-state index contributed by atoms with van der Waals surface area (Å²) in [5.41, 5.74) is 2.72. The quantitative estimate of drug-likeness (QED) is 0.488. The number of aryl methyl sites for hydroxylation is 1. The van der Waals surface area contributed by atoms with Gasteiger partial charge in [0.15, 0.2) is 5.11 Å². The Morgan fingerprint density at radius 2 is 1.83 bits per heavy atom. The van der Waals surface area contributed by atoms with Crippen LogP contribution in [0.1, 0.15) is 22.5 Å². The Morgan fingerprint density at radius 3 is 2.52 bits per heavy atom. The number of alkyl halides is 3. The molecule has 0 radical (unpaired) electrons. The van der Waals surface area contributed by atoms with E-state index in [1.165, 1.54) is 6.07 Å². The number of halogens is 4. The molecule has 0 amide bonds. The zero-order valence-corrected chi connectivity index (χ0v) is 17.2. The molecule has 152 valence electrons. The van der Waals surface area contributed by atoms with Crippen LogP contribution in [-0.2, 0) is 12.7 Å². The summed E-state index contributed by atoms with van der Waals surface area (Å²) in [7, 11) is 0. The van der Waals surface area contributed by atoms with Gasteiger partial charge in [-0.3, -0.25) is 4.68 Å². The molecule has 9 heteroatoms. The van der Waals surface area contributed by atoms with Gasteiger partial charge < -0.3 is 10.6 Å². The lowest BCUT2D eigenvalue weighted by atomic mass is 10.1. The number of benzene rings is 2. The number of hydrogen-bond donors (Lipinski definition) is 2. The van der Waals surface area contributed by atoms with Gasteiger partial charge in [0.05, 0.1) is 29.2 Å². The summed E-state index contributed by atoms with van der Waals surface area (Å²) in [5.74, 6) is 0. The predicted octanol–water partition coefficient (Wildman–Crippen LogP) is 6.03. The zero-order chi connectivity index (χ0) is 21.2. The molecular formula is C20H18ClF3N4S. The Labute approximate surface area is 176 Å². The number of thiocarbonyl (C=S) groups is 1. The maximum Gasteiger partial charge on any atom is 0.416 e. The van der Waals surface area contributed by atoms with Crippen LogP contribution in [-0.4, -0.2) is 14.9 Å². The summed E-state index contributed by atoms with van der Waals surface area (Å²) >= 11 is 11.3. The second-order valence-electron chi connectivity index (χ2n) is 6.49. The van der Waals surface area contributed by atoms with Gasteiger partial charge in [0, 0.05) is 10.7 Å². The maximum absolute atomic E-state index is 12.9. The summed E-state index contributed by atoms with van der Waals surface area (Å²) in [6, 6.07) is 12.4. The minimum atomic E-state index is -4.38. The molecule has 0 aliphatic carbocycles. The molecule has 0 saturated carbocycles. The lowest BCUT2D eigenvalue weighted by Gasteiger charge is -2.12. The van der Waals surface area contributed by atoms with Crippen molar-refractivity contribution in [3.05, 3.63) is 76.1 Å². The highest BCUT2D eigenvalue weighted by molar-refractivity contribution is 7.80. The minimum absolute atomic E-state index is 0.215. The van der Waals surface area contributed by atoms with E-state index in [4.69, 9.17) is 23.8 Å². The number of hydrogen-bond acceptors (Lipinski definition) is 2. The lowest BCUT2D eigenvalue weighted by Crippen LogP contribution is -2.20. The molecule has 1 aromatic heterocycles. The van der Waals surface area contributed by atoms with Crippen LogP contribution in [0.25, 0.3) is 0 Å². The van der Waals surface area contributed by atoms with Crippen molar-refractivity contribution in [1.82, 2.24) is 9.78 Å². The molecule has 0 atom stereocenters. The van der Waals surface area contributed by atoms with E-state index in [-0.39, 0.29) is 6.54 Å². The van der Waals surface area contributed by atoms with Crippen LogP contribution in [0.2, 0.25) is 5.02 Å². The first-order chi connectivity index (χ1) is 13.6. The predicted molar refractivity (Wildman–Crippen MR) is 114 cm³/mol. The van der Waals surface area contributed by atoms with Crippen molar-refractivity contribution >= 4 is 40.3 Å². The molecule has 0 spiro atoms. The largest absolute Gasteiger partial charge is 0.416 e. The van der Waals surface area contributed by atoms with Crippen LogP contribution >= 0.6 is 23.8 Å². The van der Waals surface area contributed by atoms with Crippen LogP contribution < -0.4 is 10.6 Å². The number of nitrogens with zero attached hydrogens (tertiary/aromatic N) is 2. The summed E-state index contributed by atoms with van der Waals surface area (Å²) in [5, 5.41) is 11.5. The van der Waals surface area contributed by atoms with Gasteiger partial charge in [-0.2, -0.15) is 18.3 Å². The van der Waals surface area contributed by atoms with Crippen molar-refractivity contribution in [3.63, 3.8) is 0 Å². The van der Waals surface area contributed by atoms with Gasteiger partial charge in [0.2, 0.25) is 0 Å². The molecule has 0 aliphatic heterocycles. The highest BCUT2D eigenvalue weighted by Crippen LogP contribution is 2.30. The fourth-order valence-corrected chi connectivity index (χ4v) is 3.30. The van der Waals surface area contributed by atoms with E-state index in [0.717, 1.165) is 23.5 Å². The lowest BCUT2D eigenvalue weighted by molar-refractivity contribution is -0.137. The first-order valence-electron chi connectivity index (χ1n) is 8.67. The van der Waals surface area contributed by atoms with Crippen LogP contribution in [0.3, 0.4) is 0 Å². The van der Waals surface area contributed by atoms with Gasteiger partial charge in [-0.15, -0.1) is 0 Å². The van der Waals surface area contributed by atoms with E-state index in [9.17, 15) is 13.2 Å². The van der Waals surface area contributed by atoms with Crippen molar-refractivity contribution in [2.24, 2.45) is 0 Å². The molecule has 0 fully saturated rings. The summed E-state index contributed by atoms with van der Waals surface area (Å²) in [6.45, 7) is 3.85. The van der Waals surface area contributed by atoms with Crippen molar-refractivity contribution in [2.75, 3.05) is 10.6 Å². The van der Waals surface area contributed by atoms with Crippen molar-refractivity contribution in [2.45, 2.75) is 26.6 Å². The van der Waals surface area contributed by atoms with Crippen molar-refractivity contribution in [1.29, 1.82) is 0 Å². The highest BCUT2D eigenvalue weighted by atomic mass is 35.5. The molecule has 0 unspecified atom stereocenters. The fourth-order valence-electron chi connectivity index (χ4n) is 2.89. The zero-order valence-electron chi connectivity index (χ0n) is 15.6. The molecule has 29 heavy (non-hydrogen) atoms. The Morgan fingerprint density at radius 1 is 1.10 bits per heavy atom. The smallest absolute Gasteiger partial charge is 0.332 e. The normalized spacial score (nSPS) is 11.4. The number of rotatable bonds is 4. The third-order valence-corrected chi connectivity index (χ3v) is 4.73. The van der Waals surface area contributed by atoms with E-state index in [1.807, 2.05) is 13.0 Å². The molecule has 3 rings (SSSR count). The third kappa shape index (κ3) is 5.27. The van der Waals surface area contributed by atoms with E-state index < -0.39 is 11.7 Å². The van der Waals surface area contributed by atoms with Gasteiger partial charge >= 0.3 is 6.18 Å². The van der Waals surface area contributed by atoms with Crippen molar-refractivity contribution < 1.29 is 13.2 Å². The Balaban J connectivity index is 1.76. The fraction of sp³-hybridized carbons (Fsp3) is 0.200. The Hall–Kier alpha value is -2.58. The van der Waals surface area contributed by atoms with Crippen LogP contribution in [0, 0.1) is 13.8 Å². The van der Waals surface area contributed by atoms with Crippen LogP contribution in [0.5, 0.6) is 0 Å². The second kappa shape index (κ2) is 8.42. The van der Waals surface area contributed by atoms with Gasteiger partial charge in [-0.1, -0.05) is 29.8 Å². The second-order valence-corrected chi connectivity index (χ2v) is 7.34. The Kier molecular flexibility index (Phi) is 6.14. The number of anilines is 2. The average Bonchev–Trinajstić information content (AvgIpc) is 2.89. The summed E-state index contributed by atoms with van der Waals surface area (Å²) < 4.78 is 40.5. The molecular weight excluding hydrogens is 421 g/mol. The monoisotopic (exact) mass is 438 g/mol.